The smallest absolute Gasteiger partial charge is 0.236 e. The van der Waals surface area contributed by atoms with Gasteiger partial charge >= 0.3 is 0 Å². The van der Waals surface area contributed by atoms with E-state index < -0.39 is 5.92 Å². The van der Waals surface area contributed by atoms with E-state index in [4.69, 9.17) is 9.47 Å². The minimum absolute atomic E-state index is 0.0777. The predicted octanol–water partition coefficient (Wildman–Crippen LogP) is 4.92. The second kappa shape index (κ2) is 10.1. The van der Waals surface area contributed by atoms with Crippen molar-refractivity contribution in [1.82, 2.24) is 9.97 Å². The van der Waals surface area contributed by atoms with Crippen LogP contribution >= 0.6 is 11.3 Å². The molecule has 1 amide bonds. The molecule has 0 spiro atoms. The summed E-state index contributed by atoms with van der Waals surface area (Å²) < 4.78 is 10.4. The Balaban J connectivity index is 1.52. The van der Waals surface area contributed by atoms with E-state index >= 15 is 0 Å². The van der Waals surface area contributed by atoms with Crippen LogP contribution in [0.2, 0.25) is 0 Å². The molecule has 0 saturated carbocycles. The quantitative estimate of drug-likeness (QED) is 0.417. The molecule has 0 saturated heterocycles. The first-order valence-corrected chi connectivity index (χ1v) is 11.0. The van der Waals surface area contributed by atoms with Gasteiger partial charge in [0, 0.05) is 16.7 Å². The van der Waals surface area contributed by atoms with Gasteiger partial charge in [-0.15, -0.1) is 11.3 Å². The van der Waals surface area contributed by atoms with Gasteiger partial charge in [0.15, 0.2) is 0 Å². The molecule has 2 aromatic heterocycles. The van der Waals surface area contributed by atoms with Crippen LogP contribution in [0.25, 0.3) is 0 Å². The van der Waals surface area contributed by atoms with Gasteiger partial charge in [-0.2, -0.15) is 9.97 Å². The Labute approximate surface area is 190 Å². The highest BCUT2D eigenvalue weighted by Crippen LogP contribution is 2.28. The monoisotopic (exact) mass is 445 g/mol. The average molecular weight is 446 g/mol. The van der Waals surface area contributed by atoms with Crippen LogP contribution in [0.3, 0.4) is 0 Å². The lowest BCUT2D eigenvalue weighted by Crippen LogP contribution is -2.21. The van der Waals surface area contributed by atoms with E-state index in [-0.39, 0.29) is 5.91 Å². The number of benzene rings is 2. The fourth-order valence-corrected chi connectivity index (χ4v) is 4.25. The van der Waals surface area contributed by atoms with E-state index in [1.807, 2.05) is 72.1 Å². The van der Waals surface area contributed by atoms with Gasteiger partial charge in [-0.25, -0.2) is 0 Å². The molecule has 0 aliphatic carbocycles. The van der Waals surface area contributed by atoms with Crippen LogP contribution in [-0.2, 0) is 11.2 Å². The van der Waals surface area contributed by atoms with Crippen LogP contribution in [0.4, 0.5) is 5.69 Å². The summed E-state index contributed by atoms with van der Waals surface area (Å²) in [4.78, 5) is 23.1. The highest BCUT2D eigenvalue weighted by atomic mass is 32.1. The van der Waals surface area contributed by atoms with E-state index in [1.54, 1.807) is 31.6 Å². The summed E-state index contributed by atoms with van der Waals surface area (Å²) in [5, 5.41) is 5.00. The second-order valence-corrected chi connectivity index (χ2v) is 8.09. The van der Waals surface area contributed by atoms with Gasteiger partial charge in [0.2, 0.25) is 17.7 Å². The average Bonchev–Trinajstić information content (AvgIpc) is 3.26. The van der Waals surface area contributed by atoms with Gasteiger partial charge in [-0.1, -0.05) is 60.7 Å². The van der Waals surface area contributed by atoms with Crippen molar-refractivity contribution in [1.29, 1.82) is 0 Å². The zero-order valence-electron chi connectivity index (χ0n) is 17.8. The van der Waals surface area contributed by atoms with Gasteiger partial charge in [-0.05, 0) is 17.2 Å². The number of carbonyl (C=O) groups excluding carboxylic acids is 1. The van der Waals surface area contributed by atoms with Crippen molar-refractivity contribution in [2.45, 2.75) is 12.3 Å². The number of aromatic nitrogens is 2. The first-order valence-electron chi connectivity index (χ1n) is 10.1. The summed E-state index contributed by atoms with van der Waals surface area (Å²) in [5.41, 5.74) is 2.65. The van der Waals surface area contributed by atoms with E-state index in [2.05, 4.69) is 15.3 Å². The molecule has 1 N–H and O–H groups in total. The number of ether oxygens (including phenoxy) is 2. The SMILES string of the molecule is COc1cc(OC)nc(Cc2cc(NC(=O)C(c3ccccc3)c3ccccc3)cs2)n1. The number of hydrogen-bond acceptors (Lipinski definition) is 6. The Morgan fingerprint density at radius 1 is 0.906 bits per heavy atom. The maximum Gasteiger partial charge on any atom is 0.236 e. The molecule has 0 bridgehead atoms. The zero-order chi connectivity index (χ0) is 22.3. The number of anilines is 1. The first kappa shape index (κ1) is 21.5. The molecule has 0 unspecified atom stereocenters. The maximum atomic E-state index is 13.3. The van der Waals surface area contributed by atoms with Gasteiger partial charge in [0.05, 0.1) is 31.9 Å². The third-order valence-electron chi connectivity index (χ3n) is 4.93. The standard InChI is InChI=1S/C25H23N3O3S/c1-30-22-15-23(31-2)28-21(27-22)14-20-13-19(16-32-20)26-25(29)24(17-9-5-3-6-10-17)18-11-7-4-8-12-18/h3-13,15-16,24H,14H2,1-2H3,(H,26,29). The number of hydrogen-bond donors (Lipinski definition) is 1. The number of nitrogens with one attached hydrogen (secondary N) is 1. The van der Waals surface area contributed by atoms with Crippen molar-refractivity contribution in [3.63, 3.8) is 0 Å². The van der Waals surface area contributed by atoms with Crippen molar-refractivity contribution in [2.24, 2.45) is 0 Å². The Hall–Kier alpha value is -3.71. The predicted molar refractivity (Wildman–Crippen MR) is 126 cm³/mol. The molecular weight excluding hydrogens is 422 g/mol. The number of thiophene rings is 1. The van der Waals surface area contributed by atoms with Crippen molar-refractivity contribution in [3.05, 3.63) is 100 Å². The highest BCUT2D eigenvalue weighted by Gasteiger charge is 2.23. The van der Waals surface area contributed by atoms with E-state index in [1.165, 1.54) is 0 Å². The minimum Gasteiger partial charge on any atom is -0.481 e. The van der Waals surface area contributed by atoms with Gasteiger partial charge in [0.25, 0.3) is 0 Å². The topological polar surface area (TPSA) is 73.3 Å². The van der Waals surface area contributed by atoms with Crippen molar-refractivity contribution >= 4 is 22.9 Å². The summed E-state index contributed by atoms with van der Waals surface area (Å²) in [6, 6.07) is 23.2. The fraction of sp³-hybridized carbons (Fsp3) is 0.160. The molecule has 4 aromatic rings. The van der Waals surface area contributed by atoms with Crippen LogP contribution in [-0.4, -0.2) is 30.1 Å². The molecular formula is C25H23N3O3S. The number of nitrogens with zero attached hydrogens (tertiary/aromatic N) is 2. The van der Waals surface area contributed by atoms with Crippen LogP contribution in [0.1, 0.15) is 27.7 Å². The molecule has 162 valence electrons. The number of rotatable bonds is 8. The normalized spacial score (nSPS) is 10.7. The Bertz CT molecular complexity index is 1120. The Kier molecular flexibility index (Phi) is 6.77. The largest absolute Gasteiger partial charge is 0.481 e. The van der Waals surface area contributed by atoms with Crippen LogP contribution in [0.15, 0.2) is 78.2 Å². The second-order valence-electron chi connectivity index (χ2n) is 7.09. The summed E-state index contributed by atoms with van der Waals surface area (Å²) in [6.07, 6.45) is 0.509. The number of carbonyl (C=O) groups is 1. The lowest BCUT2D eigenvalue weighted by molar-refractivity contribution is -0.116. The van der Waals surface area contributed by atoms with Crippen LogP contribution in [0.5, 0.6) is 11.8 Å². The molecule has 0 radical (unpaired) electrons. The van der Waals surface area contributed by atoms with E-state index in [0.717, 1.165) is 21.7 Å². The molecule has 0 fully saturated rings. The molecule has 32 heavy (non-hydrogen) atoms. The van der Waals surface area contributed by atoms with Crippen molar-refractivity contribution in [2.75, 3.05) is 19.5 Å². The minimum atomic E-state index is -0.397. The summed E-state index contributed by atoms with van der Waals surface area (Å²) >= 11 is 1.54. The molecule has 6 nitrogen and oxygen atoms in total. The summed E-state index contributed by atoms with van der Waals surface area (Å²) in [6.45, 7) is 0. The van der Waals surface area contributed by atoms with Gasteiger partial charge in [-0.3, -0.25) is 4.79 Å². The molecule has 2 aromatic carbocycles. The molecule has 0 aliphatic rings. The van der Waals surface area contributed by atoms with E-state index in [9.17, 15) is 4.79 Å². The molecule has 0 aliphatic heterocycles. The van der Waals surface area contributed by atoms with Crippen LogP contribution in [0, 0.1) is 0 Å². The molecule has 7 heteroatoms. The number of methoxy groups -OCH3 is 2. The third-order valence-corrected chi connectivity index (χ3v) is 5.86. The molecule has 0 atom stereocenters. The molecule has 2 heterocycles. The van der Waals surface area contributed by atoms with E-state index in [0.29, 0.717) is 24.0 Å². The Morgan fingerprint density at radius 3 is 2.00 bits per heavy atom. The summed E-state index contributed by atoms with van der Waals surface area (Å²) in [7, 11) is 3.11. The zero-order valence-corrected chi connectivity index (χ0v) is 18.6. The third kappa shape index (κ3) is 5.12. The lowest BCUT2D eigenvalue weighted by atomic mass is 9.90. The van der Waals surface area contributed by atoms with Gasteiger partial charge < -0.3 is 14.8 Å². The Morgan fingerprint density at radius 2 is 1.47 bits per heavy atom. The lowest BCUT2D eigenvalue weighted by Gasteiger charge is -2.17. The highest BCUT2D eigenvalue weighted by molar-refractivity contribution is 7.10. The molecule has 4 rings (SSSR count). The summed E-state index contributed by atoms with van der Waals surface area (Å²) in [5.74, 6) is 1.01. The van der Waals surface area contributed by atoms with Crippen molar-refractivity contribution < 1.29 is 14.3 Å². The number of amides is 1. The first-order chi connectivity index (χ1) is 15.7. The van der Waals surface area contributed by atoms with Crippen LogP contribution < -0.4 is 14.8 Å². The maximum absolute atomic E-state index is 13.3. The fourth-order valence-electron chi connectivity index (χ4n) is 3.43. The van der Waals surface area contributed by atoms with Crippen molar-refractivity contribution in [3.8, 4) is 11.8 Å². The van der Waals surface area contributed by atoms with Gasteiger partial charge in [0.1, 0.15) is 5.82 Å².